The molecule has 0 aliphatic heterocycles. The summed E-state index contributed by atoms with van der Waals surface area (Å²) >= 11 is 5.90. The van der Waals surface area contributed by atoms with E-state index in [1.54, 1.807) is 18.3 Å². The first-order chi connectivity index (χ1) is 13.7. The maximum atomic E-state index is 12.1. The highest BCUT2D eigenvalue weighted by atomic mass is 35.5. The van der Waals surface area contributed by atoms with Gasteiger partial charge in [-0.05, 0) is 42.3 Å². The monoisotopic (exact) mass is 393 g/mol. The molecule has 2 aromatic carbocycles. The summed E-state index contributed by atoms with van der Waals surface area (Å²) in [7, 11) is 0. The van der Waals surface area contributed by atoms with E-state index in [9.17, 15) is 4.79 Å². The average molecular weight is 394 g/mol. The molecule has 28 heavy (non-hydrogen) atoms. The van der Waals surface area contributed by atoms with Crippen LogP contribution in [0.15, 0.2) is 65.3 Å². The predicted molar refractivity (Wildman–Crippen MR) is 110 cm³/mol. The Morgan fingerprint density at radius 2 is 1.93 bits per heavy atom. The Bertz CT molecular complexity index is 1080. The van der Waals surface area contributed by atoms with Gasteiger partial charge in [0.05, 0.1) is 6.20 Å². The third kappa shape index (κ3) is 4.26. The number of carbonyl (C=O) groups excluding carboxylic acids is 1. The lowest BCUT2D eigenvalue weighted by Gasteiger charge is -2.04. The Kier molecular flexibility index (Phi) is 5.44. The number of amides is 1. The lowest BCUT2D eigenvalue weighted by molar-refractivity contribution is -0.121. The number of rotatable bonds is 7. The molecule has 2 heterocycles. The maximum Gasteiger partial charge on any atom is 0.220 e. The van der Waals surface area contributed by atoms with E-state index >= 15 is 0 Å². The van der Waals surface area contributed by atoms with E-state index in [1.807, 2.05) is 36.5 Å². The molecular formula is C22H20ClN3O2. The minimum Gasteiger partial charge on any atom is -0.441 e. The molecule has 0 unspecified atom stereocenters. The van der Waals surface area contributed by atoms with Gasteiger partial charge in [-0.15, -0.1) is 0 Å². The number of benzene rings is 2. The van der Waals surface area contributed by atoms with Gasteiger partial charge in [0.15, 0.2) is 11.7 Å². The number of nitrogens with zero attached hydrogens (tertiary/aromatic N) is 1. The quantitative estimate of drug-likeness (QED) is 0.475. The summed E-state index contributed by atoms with van der Waals surface area (Å²) < 4.78 is 5.73. The van der Waals surface area contributed by atoms with Crippen molar-refractivity contribution in [3.05, 3.63) is 77.4 Å². The van der Waals surface area contributed by atoms with Gasteiger partial charge in [0.1, 0.15) is 0 Å². The maximum absolute atomic E-state index is 12.1. The van der Waals surface area contributed by atoms with Gasteiger partial charge in [0, 0.05) is 47.1 Å². The van der Waals surface area contributed by atoms with Gasteiger partial charge in [-0.3, -0.25) is 4.79 Å². The van der Waals surface area contributed by atoms with Gasteiger partial charge in [0.2, 0.25) is 5.91 Å². The molecule has 0 saturated carbocycles. The summed E-state index contributed by atoms with van der Waals surface area (Å²) in [5, 5.41) is 4.84. The van der Waals surface area contributed by atoms with Gasteiger partial charge in [0.25, 0.3) is 0 Å². The molecule has 0 saturated heterocycles. The van der Waals surface area contributed by atoms with Gasteiger partial charge >= 0.3 is 0 Å². The zero-order valence-electron chi connectivity index (χ0n) is 15.2. The summed E-state index contributed by atoms with van der Waals surface area (Å²) in [5.41, 5.74) is 3.23. The van der Waals surface area contributed by atoms with Crippen LogP contribution >= 0.6 is 11.6 Å². The average Bonchev–Trinajstić information content (AvgIpc) is 3.35. The standard InChI is InChI=1S/C22H20ClN3O2/c23-17-7-5-15(6-8-17)20-14-26-22(28-20)10-9-21(27)24-12-11-16-13-25-19-4-2-1-3-18(16)19/h1-8,13-14,25H,9-12H2,(H,24,27). The lowest BCUT2D eigenvalue weighted by atomic mass is 10.1. The molecule has 2 aromatic heterocycles. The van der Waals surface area contributed by atoms with Crippen LogP contribution in [-0.4, -0.2) is 22.4 Å². The molecule has 0 atom stereocenters. The molecule has 0 aliphatic carbocycles. The van der Waals surface area contributed by atoms with Crippen LogP contribution in [0.2, 0.25) is 5.02 Å². The second-order valence-corrected chi connectivity index (χ2v) is 7.02. The first-order valence-electron chi connectivity index (χ1n) is 9.21. The third-order valence-corrected chi connectivity index (χ3v) is 4.89. The summed E-state index contributed by atoms with van der Waals surface area (Å²) in [6, 6.07) is 15.5. The molecule has 4 rings (SSSR count). The van der Waals surface area contributed by atoms with Crippen molar-refractivity contribution in [3.63, 3.8) is 0 Å². The van der Waals surface area contributed by atoms with Gasteiger partial charge < -0.3 is 14.7 Å². The molecule has 0 fully saturated rings. The van der Waals surface area contributed by atoms with Crippen LogP contribution in [0.4, 0.5) is 0 Å². The fraction of sp³-hybridized carbons (Fsp3) is 0.182. The Hall–Kier alpha value is -3.05. The molecule has 0 radical (unpaired) electrons. The molecule has 0 spiro atoms. The third-order valence-electron chi connectivity index (χ3n) is 4.64. The normalized spacial score (nSPS) is 11.0. The first kappa shape index (κ1) is 18.3. The largest absolute Gasteiger partial charge is 0.441 e. The van der Waals surface area contributed by atoms with E-state index in [0.29, 0.717) is 36.1 Å². The molecule has 142 valence electrons. The summed E-state index contributed by atoms with van der Waals surface area (Å²) in [5.74, 6) is 1.22. The summed E-state index contributed by atoms with van der Waals surface area (Å²) in [4.78, 5) is 19.6. The van der Waals surface area contributed by atoms with Crippen molar-refractivity contribution >= 4 is 28.4 Å². The fourth-order valence-corrected chi connectivity index (χ4v) is 3.28. The zero-order chi connectivity index (χ0) is 19.3. The minimum absolute atomic E-state index is 0.00826. The van der Waals surface area contributed by atoms with Crippen molar-refractivity contribution in [1.82, 2.24) is 15.3 Å². The number of halogens is 1. The highest BCUT2D eigenvalue weighted by molar-refractivity contribution is 6.30. The number of fused-ring (bicyclic) bond motifs is 1. The number of para-hydroxylation sites is 1. The SMILES string of the molecule is O=C(CCc1ncc(-c2ccc(Cl)cc2)o1)NCCc1c[nH]c2ccccc12. The van der Waals surface area contributed by atoms with Crippen LogP contribution in [0, 0.1) is 0 Å². The van der Waals surface area contributed by atoms with E-state index < -0.39 is 0 Å². The van der Waals surface area contributed by atoms with Crippen molar-refractivity contribution in [3.8, 4) is 11.3 Å². The molecular weight excluding hydrogens is 374 g/mol. The van der Waals surface area contributed by atoms with E-state index in [1.165, 1.54) is 10.9 Å². The highest BCUT2D eigenvalue weighted by Crippen LogP contribution is 2.22. The molecule has 6 heteroatoms. The number of carbonyl (C=O) groups is 1. The van der Waals surface area contributed by atoms with Crippen LogP contribution in [0.25, 0.3) is 22.2 Å². The molecule has 1 amide bonds. The second-order valence-electron chi connectivity index (χ2n) is 6.58. The van der Waals surface area contributed by atoms with E-state index in [2.05, 4.69) is 21.4 Å². The van der Waals surface area contributed by atoms with Gasteiger partial charge in [-0.25, -0.2) is 4.98 Å². The summed E-state index contributed by atoms with van der Waals surface area (Å²) in [6.07, 6.45) is 5.27. The smallest absolute Gasteiger partial charge is 0.220 e. The van der Waals surface area contributed by atoms with E-state index in [0.717, 1.165) is 17.5 Å². The summed E-state index contributed by atoms with van der Waals surface area (Å²) in [6.45, 7) is 0.599. The Morgan fingerprint density at radius 1 is 1.11 bits per heavy atom. The Morgan fingerprint density at radius 3 is 2.79 bits per heavy atom. The molecule has 0 bridgehead atoms. The second kappa shape index (κ2) is 8.31. The number of aryl methyl sites for hydroxylation is 1. The number of hydrogen-bond acceptors (Lipinski definition) is 3. The molecule has 4 aromatic rings. The number of aromatic nitrogens is 2. The molecule has 0 aliphatic rings. The van der Waals surface area contributed by atoms with Crippen LogP contribution in [0.5, 0.6) is 0 Å². The van der Waals surface area contributed by atoms with Crippen LogP contribution < -0.4 is 5.32 Å². The van der Waals surface area contributed by atoms with Gasteiger partial charge in [-0.1, -0.05) is 29.8 Å². The van der Waals surface area contributed by atoms with Crippen molar-refractivity contribution in [2.45, 2.75) is 19.3 Å². The van der Waals surface area contributed by atoms with Crippen molar-refractivity contribution in [1.29, 1.82) is 0 Å². The number of H-pyrrole nitrogens is 1. The predicted octanol–water partition coefficient (Wildman–Crippen LogP) is 4.77. The molecule has 5 nitrogen and oxygen atoms in total. The van der Waals surface area contributed by atoms with Crippen LogP contribution in [-0.2, 0) is 17.6 Å². The Labute approximate surface area is 167 Å². The topological polar surface area (TPSA) is 70.9 Å². The minimum atomic E-state index is -0.00826. The van der Waals surface area contributed by atoms with Crippen molar-refractivity contribution in [2.75, 3.05) is 6.54 Å². The van der Waals surface area contributed by atoms with E-state index in [-0.39, 0.29) is 5.91 Å². The van der Waals surface area contributed by atoms with Gasteiger partial charge in [-0.2, -0.15) is 0 Å². The van der Waals surface area contributed by atoms with Crippen molar-refractivity contribution in [2.24, 2.45) is 0 Å². The van der Waals surface area contributed by atoms with Crippen LogP contribution in [0.3, 0.4) is 0 Å². The zero-order valence-corrected chi connectivity index (χ0v) is 16.0. The van der Waals surface area contributed by atoms with Crippen molar-refractivity contribution < 1.29 is 9.21 Å². The number of oxazole rings is 1. The van der Waals surface area contributed by atoms with Crippen LogP contribution in [0.1, 0.15) is 17.9 Å². The highest BCUT2D eigenvalue weighted by Gasteiger charge is 2.09. The number of aromatic amines is 1. The number of hydrogen-bond donors (Lipinski definition) is 2. The van der Waals surface area contributed by atoms with E-state index in [4.69, 9.17) is 16.0 Å². The lowest BCUT2D eigenvalue weighted by Crippen LogP contribution is -2.25. The fourth-order valence-electron chi connectivity index (χ4n) is 3.16. The first-order valence-corrected chi connectivity index (χ1v) is 9.59. The Balaban J connectivity index is 1.25. The number of nitrogens with one attached hydrogen (secondary N) is 2. The molecule has 2 N–H and O–H groups in total.